The fourth-order valence-electron chi connectivity index (χ4n) is 4.61. The highest BCUT2D eigenvalue weighted by Crippen LogP contribution is 2.58. The fourth-order valence-corrected chi connectivity index (χ4v) is 5.54. The first-order valence-electron chi connectivity index (χ1n) is 9.97. The Morgan fingerprint density at radius 3 is 2.83 bits per heavy atom. The first-order valence-corrected chi connectivity index (χ1v) is 11.5. The average Bonchev–Trinajstić information content (AvgIpc) is 3.00. The van der Waals surface area contributed by atoms with E-state index in [-0.39, 0.29) is 5.41 Å². The summed E-state index contributed by atoms with van der Waals surface area (Å²) in [5.41, 5.74) is 5.17. The Morgan fingerprint density at radius 1 is 1.34 bits per heavy atom. The zero-order valence-electron chi connectivity index (χ0n) is 16.2. The Morgan fingerprint density at radius 2 is 2.14 bits per heavy atom. The highest BCUT2D eigenvalue weighted by Gasteiger charge is 2.51. The van der Waals surface area contributed by atoms with E-state index in [0.29, 0.717) is 6.54 Å². The van der Waals surface area contributed by atoms with Gasteiger partial charge in [0.25, 0.3) is 0 Å². The smallest absolute Gasteiger partial charge is 0.305 e. The monoisotopic (exact) mass is 418 g/mol. The number of rotatable bonds is 3. The van der Waals surface area contributed by atoms with Crippen molar-refractivity contribution in [3.05, 3.63) is 34.5 Å². The molecule has 8 nitrogen and oxygen atoms in total. The Hall–Kier alpha value is -2.33. The van der Waals surface area contributed by atoms with Crippen molar-refractivity contribution in [1.82, 2.24) is 14.8 Å². The van der Waals surface area contributed by atoms with E-state index in [0.717, 1.165) is 79.3 Å². The van der Waals surface area contributed by atoms with Crippen LogP contribution in [0.5, 0.6) is 0 Å². The van der Waals surface area contributed by atoms with Crippen molar-refractivity contribution in [2.24, 2.45) is 9.50 Å². The summed E-state index contributed by atoms with van der Waals surface area (Å²) in [5.74, 6) is -0.836. The topological polar surface area (TPSA) is 115 Å². The maximum absolute atomic E-state index is 14.1. The number of nitrogens with one attached hydrogen (secondary N) is 1. The van der Waals surface area contributed by atoms with Gasteiger partial charge in [0.15, 0.2) is 15.7 Å². The largest absolute Gasteiger partial charge is 0.354 e. The van der Waals surface area contributed by atoms with Gasteiger partial charge in [0.05, 0.1) is 17.6 Å². The molecule has 2 amide bonds. The summed E-state index contributed by atoms with van der Waals surface area (Å²) in [6.07, 6.45) is 8.00. The van der Waals surface area contributed by atoms with Gasteiger partial charge in [0, 0.05) is 17.7 Å². The highest BCUT2D eigenvalue weighted by atomic mass is 32.2. The van der Waals surface area contributed by atoms with Crippen LogP contribution in [0.3, 0.4) is 0 Å². The normalized spacial score (nSPS) is 20.2. The molecule has 0 aromatic carbocycles. The van der Waals surface area contributed by atoms with Crippen LogP contribution in [0, 0.1) is 5.82 Å². The predicted octanol–water partition coefficient (Wildman–Crippen LogP) is 2.84. The number of aryl methyl sites for hydroxylation is 2. The number of nitrogens with two attached hydrogens (primary N) is 1. The van der Waals surface area contributed by atoms with Gasteiger partial charge < -0.3 is 5.32 Å². The number of nitrogens with zero attached hydrogens (tertiary/aromatic N) is 4. The third kappa shape index (κ3) is 2.96. The van der Waals surface area contributed by atoms with Crippen molar-refractivity contribution in [3.63, 3.8) is 0 Å². The SMILES string of the molecule is CCn1cc(F)c(S(N)(=O)=NC(=O)Nc2c3c(nc4c2CCC42CC2)CCC3)n1. The van der Waals surface area contributed by atoms with Gasteiger partial charge >= 0.3 is 6.03 Å². The summed E-state index contributed by atoms with van der Waals surface area (Å²) in [7, 11) is -3.80. The molecule has 2 heterocycles. The Kier molecular flexibility index (Phi) is 4.08. The highest BCUT2D eigenvalue weighted by molar-refractivity contribution is 7.91. The van der Waals surface area contributed by atoms with Crippen LogP contribution < -0.4 is 10.5 Å². The molecule has 0 bridgehead atoms. The molecular formula is C19H23FN6O2S. The molecule has 1 fully saturated rings. The minimum atomic E-state index is -3.80. The molecule has 1 spiro atoms. The summed E-state index contributed by atoms with van der Waals surface area (Å²) in [6, 6.07) is -0.845. The molecular weight excluding hydrogens is 395 g/mol. The zero-order valence-corrected chi connectivity index (χ0v) is 17.0. The Balaban J connectivity index is 1.51. The maximum atomic E-state index is 14.1. The number of fused-ring (bicyclic) bond motifs is 3. The maximum Gasteiger partial charge on any atom is 0.354 e. The minimum absolute atomic E-state index is 0.182. The number of carbonyl (C=O) groups excluding carboxylic acids is 1. The van der Waals surface area contributed by atoms with Crippen LogP contribution in [-0.4, -0.2) is 25.0 Å². The van der Waals surface area contributed by atoms with Gasteiger partial charge in [-0.3, -0.25) is 9.67 Å². The lowest BCUT2D eigenvalue weighted by Gasteiger charge is -2.16. The third-order valence-electron chi connectivity index (χ3n) is 6.27. The number of amides is 2. The molecule has 0 saturated heterocycles. The zero-order chi connectivity index (χ0) is 20.4. The van der Waals surface area contributed by atoms with Gasteiger partial charge in [-0.25, -0.2) is 18.5 Å². The second-order valence-electron chi connectivity index (χ2n) is 8.10. The summed E-state index contributed by atoms with van der Waals surface area (Å²) >= 11 is 0. The van der Waals surface area contributed by atoms with Crippen LogP contribution in [0.25, 0.3) is 0 Å². The van der Waals surface area contributed by atoms with Gasteiger partial charge in [-0.15, -0.1) is 4.36 Å². The van der Waals surface area contributed by atoms with Gasteiger partial charge in [0.1, 0.15) is 0 Å². The number of hydrogen-bond acceptors (Lipinski definition) is 4. The molecule has 3 N–H and O–H groups in total. The van der Waals surface area contributed by atoms with E-state index >= 15 is 0 Å². The second-order valence-corrected chi connectivity index (χ2v) is 9.81. The van der Waals surface area contributed by atoms with Crippen LogP contribution in [-0.2, 0) is 41.1 Å². The fraction of sp³-hybridized carbons (Fsp3) is 0.526. The first kappa shape index (κ1) is 18.7. The predicted molar refractivity (Wildman–Crippen MR) is 105 cm³/mol. The van der Waals surface area contributed by atoms with Crippen LogP contribution in [0.1, 0.15) is 55.1 Å². The molecule has 154 valence electrons. The van der Waals surface area contributed by atoms with E-state index in [9.17, 15) is 13.4 Å². The first-order chi connectivity index (χ1) is 13.8. The number of urea groups is 1. The Labute approximate surface area is 168 Å². The molecule has 29 heavy (non-hydrogen) atoms. The number of halogens is 1. The van der Waals surface area contributed by atoms with Crippen LogP contribution in [0.4, 0.5) is 14.9 Å². The summed E-state index contributed by atoms with van der Waals surface area (Å²) in [5, 5.41) is 11.9. The molecule has 2 aromatic rings. The number of hydrogen-bond donors (Lipinski definition) is 2. The molecule has 2 aromatic heterocycles. The molecule has 1 unspecified atom stereocenters. The Bertz CT molecular complexity index is 1160. The minimum Gasteiger partial charge on any atom is -0.305 e. The van der Waals surface area contributed by atoms with E-state index in [1.54, 1.807) is 6.92 Å². The van der Waals surface area contributed by atoms with Crippen molar-refractivity contribution in [1.29, 1.82) is 0 Å². The third-order valence-corrected chi connectivity index (χ3v) is 7.54. The van der Waals surface area contributed by atoms with E-state index < -0.39 is 26.8 Å². The average molecular weight is 418 g/mol. The van der Waals surface area contributed by atoms with Gasteiger partial charge in [0.2, 0.25) is 5.03 Å². The van der Waals surface area contributed by atoms with Gasteiger partial charge in [-0.2, -0.15) is 5.10 Å². The lowest BCUT2D eigenvalue weighted by Crippen LogP contribution is -2.20. The van der Waals surface area contributed by atoms with E-state index in [1.807, 2.05) is 0 Å². The van der Waals surface area contributed by atoms with Gasteiger partial charge in [-0.05, 0) is 63.0 Å². The van der Waals surface area contributed by atoms with Crippen LogP contribution in [0.15, 0.2) is 15.6 Å². The van der Waals surface area contributed by atoms with E-state index in [4.69, 9.17) is 10.1 Å². The number of pyridine rings is 1. The van der Waals surface area contributed by atoms with Crippen LogP contribution in [0.2, 0.25) is 0 Å². The van der Waals surface area contributed by atoms with Crippen molar-refractivity contribution < 1.29 is 13.4 Å². The molecule has 0 aliphatic heterocycles. The number of anilines is 1. The molecule has 1 saturated carbocycles. The molecule has 3 aliphatic carbocycles. The van der Waals surface area contributed by atoms with Crippen molar-refractivity contribution in [2.75, 3.05) is 5.32 Å². The van der Waals surface area contributed by atoms with Gasteiger partial charge in [-0.1, -0.05) is 0 Å². The summed E-state index contributed by atoms with van der Waals surface area (Å²) in [6.45, 7) is 2.14. The van der Waals surface area contributed by atoms with Crippen LogP contribution >= 0.6 is 0 Å². The number of aromatic nitrogens is 3. The van der Waals surface area contributed by atoms with Crippen molar-refractivity contribution in [3.8, 4) is 0 Å². The lowest BCUT2D eigenvalue weighted by atomic mass is 10.0. The van der Waals surface area contributed by atoms with Crippen molar-refractivity contribution >= 4 is 21.6 Å². The van der Waals surface area contributed by atoms with E-state index in [2.05, 4.69) is 14.8 Å². The summed E-state index contributed by atoms with van der Waals surface area (Å²) < 4.78 is 31.7. The van der Waals surface area contributed by atoms with E-state index in [1.165, 1.54) is 4.68 Å². The molecule has 0 radical (unpaired) electrons. The molecule has 5 rings (SSSR count). The standard InChI is InChI=1S/C19H23FN6O2S/c1-2-26-10-13(20)17(24-26)29(21,28)25-18(27)23-15-11-4-3-5-14(11)22-16-12(15)6-7-19(16)8-9-19/h10H,2-9H2,1H3,(H3,21,22,23,25,27,28). The molecule has 10 heteroatoms. The lowest BCUT2D eigenvalue weighted by molar-refractivity contribution is 0.260. The van der Waals surface area contributed by atoms with Crippen molar-refractivity contribution in [2.45, 2.75) is 68.9 Å². The molecule has 1 atom stereocenters. The summed E-state index contributed by atoms with van der Waals surface area (Å²) in [4.78, 5) is 17.6. The quantitative estimate of drug-likeness (QED) is 0.797. The number of carbonyl (C=O) groups is 1. The second kappa shape index (κ2) is 6.33. The molecule has 3 aliphatic rings.